The highest BCUT2D eigenvalue weighted by Gasteiger charge is 2.59. The van der Waals surface area contributed by atoms with E-state index in [1.54, 1.807) is 17.2 Å². The second-order valence-corrected chi connectivity index (χ2v) is 7.79. The summed E-state index contributed by atoms with van der Waals surface area (Å²) in [6.45, 7) is 5.36. The van der Waals surface area contributed by atoms with Gasteiger partial charge in [0.05, 0.1) is 0 Å². The molecule has 1 aromatic heterocycles. The van der Waals surface area contributed by atoms with E-state index in [2.05, 4.69) is 9.88 Å². The quantitative estimate of drug-likeness (QED) is 0.868. The molecule has 4 heterocycles. The van der Waals surface area contributed by atoms with Crippen molar-refractivity contribution in [3.63, 3.8) is 0 Å². The predicted molar refractivity (Wildman–Crippen MR) is 93.9 cm³/mol. The molecule has 3 aliphatic rings. The van der Waals surface area contributed by atoms with Gasteiger partial charge in [-0.15, -0.1) is 0 Å². The number of nitrogens with zero attached hydrogens (tertiary/aromatic N) is 3. The number of amides is 1. The van der Waals surface area contributed by atoms with E-state index in [-0.39, 0.29) is 18.4 Å². The highest BCUT2D eigenvalue weighted by molar-refractivity contribution is 5.94. The number of aromatic nitrogens is 1. The largest absolute Gasteiger partial charge is 0.481 e. The molecule has 7 heteroatoms. The maximum Gasteiger partial charge on any atom is 0.313 e. The van der Waals surface area contributed by atoms with Gasteiger partial charge in [0.15, 0.2) is 0 Å². The third-order valence-corrected chi connectivity index (χ3v) is 6.27. The number of carboxylic acids is 1. The lowest BCUT2D eigenvalue weighted by Crippen LogP contribution is -2.45. The monoisotopic (exact) mass is 359 g/mol. The number of rotatable bonds is 3. The van der Waals surface area contributed by atoms with Crippen molar-refractivity contribution in [1.29, 1.82) is 0 Å². The molecule has 3 fully saturated rings. The van der Waals surface area contributed by atoms with Gasteiger partial charge in [0.2, 0.25) is 0 Å². The van der Waals surface area contributed by atoms with E-state index in [1.807, 2.05) is 13.0 Å². The fourth-order valence-corrected chi connectivity index (χ4v) is 4.75. The van der Waals surface area contributed by atoms with Crippen molar-refractivity contribution in [3.8, 4) is 0 Å². The summed E-state index contributed by atoms with van der Waals surface area (Å²) in [4.78, 5) is 33.3. The van der Waals surface area contributed by atoms with Crippen LogP contribution in [-0.4, -0.2) is 77.2 Å². The first-order chi connectivity index (χ1) is 12.5. The molecule has 7 nitrogen and oxygen atoms in total. The molecule has 0 unspecified atom stereocenters. The number of carbonyl (C=O) groups excluding carboxylic acids is 1. The number of carboxylic acid groups (broad SMARTS) is 1. The topological polar surface area (TPSA) is 83.0 Å². The zero-order chi connectivity index (χ0) is 18.3. The summed E-state index contributed by atoms with van der Waals surface area (Å²) in [5, 5.41) is 10.0. The van der Waals surface area contributed by atoms with Crippen LogP contribution in [0.2, 0.25) is 0 Å². The SMILES string of the molecule is Cc1cccnc1C(=O)N1C[C@@H]2CN(C3CCOCC3)C[C@]2(C(=O)O)C1. The van der Waals surface area contributed by atoms with Crippen molar-refractivity contribution in [1.82, 2.24) is 14.8 Å². The van der Waals surface area contributed by atoms with Crippen LogP contribution < -0.4 is 0 Å². The first-order valence-corrected chi connectivity index (χ1v) is 9.27. The third-order valence-electron chi connectivity index (χ3n) is 6.27. The molecule has 1 N–H and O–H groups in total. The number of hydrogen-bond acceptors (Lipinski definition) is 5. The molecule has 2 atom stereocenters. The Kier molecular flexibility index (Phi) is 4.44. The molecule has 1 aromatic rings. The molecule has 0 radical (unpaired) electrons. The van der Waals surface area contributed by atoms with Gasteiger partial charge < -0.3 is 14.7 Å². The van der Waals surface area contributed by atoms with E-state index in [0.717, 1.165) is 38.2 Å². The second kappa shape index (κ2) is 6.63. The number of aryl methyl sites for hydroxylation is 1. The van der Waals surface area contributed by atoms with E-state index in [1.165, 1.54) is 0 Å². The number of aliphatic carboxylic acids is 1. The highest BCUT2D eigenvalue weighted by atomic mass is 16.5. The minimum Gasteiger partial charge on any atom is -0.481 e. The molecule has 3 aliphatic heterocycles. The summed E-state index contributed by atoms with van der Waals surface area (Å²) in [5.74, 6) is -0.975. The zero-order valence-corrected chi connectivity index (χ0v) is 15.1. The molecule has 26 heavy (non-hydrogen) atoms. The summed E-state index contributed by atoms with van der Waals surface area (Å²) in [5.41, 5.74) is 0.383. The van der Waals surface area contributed by atoms with Crippen molar-refractivity contribution in [2.75, 3.05) is 39.4 Å². The predicted octanol–water partition coefficient (Wildman–Crippen LogP) is 1.03. The molecule has 0 aromatic carbocycles. The molecular weight excluding hydrogens is 334 g/mol. The summed E-state index contributed by atoms with van der Waals surface area (Å²) < 4.78 is 5.43. The van der Waals surface area contributed by atoms with Crippen molar-refractivity contribution in [2.24, 2.45) is 11.3 Å². The van der Waals surface area contributed by atoms with E-state index >= 15 is 0 Å². The fourth-order valence-electron chi connectivity index (χ4n) is 4.75. The maximum atomic E-state index is 12.9. The number of ether oxygens (including phenoxy) is 1. The van der Waals surface area contributed by atoms with Crippen LogP contribution in [0.1, 0.15) is 28.9 Å². The van der Waals surface area contributed by atoms with Gasteiger partial charge >= 0.3 is 5.97 Å². The van der Waals surface area contributed by atoms with Gasteiger partial charge in [-0.3, -0.25) is 19.5 Å². The first-order valence-electron chi connectivity index (χ1n) is 9.27. The molecule has 0 bridgehead atoms. The average Bonchev–Trinajstić information content (AvgIpc) is 3.18. The van der Waals surface area contributed by atoms with Crippen LogP contribution in [0.4, 0.5) is 0 Å². The lowest BCUT2D eigenvalue weighted by molar-refractivity contribution is -0.148. The number of hydrogen-bond donors (Lipinski definition) is 1. The molecule has 3 saturated heterocycles. The van der Waals surface area contributed by atoms with Crippen molar-refractivity contribution >= 4 is 11.9 Å². The van der Waals surface area contributed by atoms with E-state index in [9.17, 15) is 14.7 Å². The van der Waals surface area contributed by atoms with Crippen LogP contribution in [0.15, 0.2) is 18.3 Å². The fraction of sp³-hybridized carbons (Fsp3) is 0.632. The number of carbonyl (C=O) groups is 2. The Morgan fingerprint density at radius 1 is 1.27 bits per heavy atom. The Morgan fingerprint density at radius 2 is 2.04 bits per heavy atom. The van der Waals surface area contributed by atoms with Crippen molar-refractivity contribution in [3.05, 3.63) is 29.6 Å². The minimum absolute atomic E-state index is 0.0317. The number of pyridine rings is 1. The molecule has 140 valence electrons. The molecule has 4 rings (SSSR count). The van der Waals surface area contributed by atoms with Crippen LogP contribution in [0.25, 0.3) is 0 Å². The maximum absolute atomic E-state index is 12.9. The van der Waals surface area contributed by atoms with Crippen LogP contribution >= 0.6 is 0 Å². The average molecular weight is 359 g/mol. The standard InChI is InChI=1S/C19H25N3O4/c1-13-3-2-6-20-16(13)17(23)22-10-14-9-21(15-4-7-26-8-5-15)11-19(14,12-22)18(24)25/h2-3,6,14-15H,4-5,7-12H2,1H3,(H,24,25)/t14-,19-/m0/s1. The van der Waals surface area contributed by atoms with E-state index in [4.69, 9.17) is 4.74 Å². The third kappa shape index (κ3) is 2.79. The lowest BCUT2D eigenvalue weighted by Gasteiger charge is -2.33. The second-order valence-electron chi connectivity index (χ2n) is 7.79. The Hall–Kier alpha value is -1.99. The van der Waals surface area contributed by atoms with Crippen LogP contribution in [0.5, 0.6) is 0 Å². The van der Waals surface area contributed by atoms with Gasteiger partial charge in [-0.1, -0.05) is 6.07 Å². The summed E-state index contributed by atoms with van der Waals surface area (Å²) in [6, 6.07) is 4.06. The summed E-state index contributed by atoms with van der Waals surface area (Å²) in [7, 11) is 0. The molecular formula is C19H25N3O4. The van der Waals surface area contributed by atoms with Crippen LogP contribution in [-0.2, 0) is 9.53 Å². The molecule has 0 aliphatic carbocycles. The van der Waals surface area contributed by atoms with Crippen molar-refractivity contribution < 1.29 is 19.4 Å². The normalized spacial score (nSPS) is 29.7. The van der Waals surface area contributed by atoms with Gasteiger partial charge in [-0.2, -0.15) is 0 Å². The van der Waals surface area contributed by atoms with Gasteiger partial charge in [0, 0.05) is 57.5 Å². The molecule has 0 saturated carbocycles. The smallest absolute Gasteiger partial charge is 0.313 e. The van der Waals surface area contributed by atoms with Gasteiger partial charge in [0.25, 0.3) is 5.91 Å². The number of likely N-dealkylation sites (tertiary alicyclic amines) is 2. The van der Waals surface area contributed by atoms with E-state index < -0.39 is 11.4 Å². The number of fused-ring (bicyclic) bond motifs is 1. The van der Waals surface area contributed by atoms with Gasteiger partial charge in [-0.05, 0) is 31.4 Å². The minimum atomic E-state index is -0.864. The van der Waals surface area contributed by atoms with Gasteiger partial charge in [0.1, 0.15) is 11.1 Å². The summed E-state index contributed by atoms with van der Waals surface area (Å²) >= 11 is 0. The van der Waals surface area contributed by atoms with Gasteiger partial charge in [-0.25, -0.2) is 0 Å². The molecule has 0 spiro atoms. The van der Waals surface area contributed by atoms with Crippen LogP contribution in [0, 0.1) is 18.3 Å². The first kappa shape index (κ1) is 17.4. The zero-order valence-electron chi connectivity index (χ0n) is 15.1. The van der Waals surface area contributed by atoms with Crippen molar-refractivity contribution in [2.45, 2.75) is 25.8 Å². The Morgan fingerprint density at radius 3 is 2.69 bits per heavy atom. The Balaban J connectivity index is 1.53. The Labute approximate surface area is 152 Å². The molecule has 1 amide bonds. The lowest BCUT2D eigenvalue weighted by atomic mass is 9.81. The van der Waals surface area contributed by atoms with Crippen LogP contribution in [0.3, 0.4) is 0 Å². The van der Waals surface area contributed by atoms with E-state index in [0.29, 0.717) is 24.8 Å². The highest BCUT2D eigenvalue weighted by Crippen LogP contribution is 2.44. The summed E-state index contributed by atoms with van der Waals surface area (Å²) in [6.07, 6.45) is 3.52. The Bertz CT molecular complexity index is 718.